The molecule has 0 fully saturated rings. The standard InChI is InChI=1S/C7H4BF3S/c8-5-3-4(7(9,10)11)1-2-6(5)12/h1-3,12H. The Morgan fingerprint density at radius 1 is 1.25 bits per heavy atom. The highest BCUT2D eigenvalue weighted by Crippen LogP contribution is 2.28. The van der Waals surface area contributed by atoms with Gasteiger partial charge in [-0.3, -0.25) is 0 Å². The van der Waals surface area contributed by atoms with E-state index in [-0.39, 0.29) is 5.46 Å². The van der Waals surface area contributed by atoms with Gasteiger partial charge in [-0.1, -0.05) is 11.5 Å². The lowest BCUT2D eigenvalue weighted by molar-refractivity contribution is -0.137. The molecule has 62 valence electrons. The summed E-state index contributed by atoms with van der Waals surface area (Å²) >= 11 is 3.85. The van der Waals surface area contributed by atoms with Crippen LogP contribution in [0, 0.1) is 0 Å². The molecule has 0 bridgehead atoms. The third kappa shape index (κ3) is 1.97. The third-order valence-electron chi connectivity index (χ3n) is 1.35. The molecule has 0 N–H and O–H groups in total. The fourth-order valence-electron chi connectivity index (χ4n) is 0.731. The summed E-state index contributed by atoms with van der Waals surface area (Å²) < 4.78 is 36.1. The van der Waals surface area contributed by atoms with Gasteiger partial charge in [0.2, 0.25) is 0 Å². The molecule has 0 aromatic heterocycles. The highest BCUT2D eigenvalue weighted by Gasteiger charge is 2.30. The van der Waals surface area contributed by atoms with Crippen LogP contribution >= 0.6 is 12.6 Å². The predicted octanol–water partition coefficient (Wildman–Crippen LogP) is 1.79. The highest BCUT2D eigenvalue weighted by molar-refractivity contribution is 7.80. The average molecular weight is 188 g/mol. The van der Waals surface area contributed by atoms with Crippen LogP contribution in [0.1, 0.15) is 5.56 Å². The zero-order valence-electron chi connectivity index (χ0n) is 5.89. The minimum atomic E-state index is -4.34. The Hall–Kier alpha value is -0.575. The predicted molar refractivity (Wildman–Crippen MR) is 44.1 cm³/mol. The van der Waals surface area contributed by atoms with Crippen LogP contribution in [0.4, 0.5) is 13.2 Å². The summed E-state index contributed by atoms with van der Waals surface area (Å²) in [4.78, 5) is 0.350. The van der Waals surface area contributed by atoms with Crippen molar-refractivity contribution < 1.29 is 13.2 Å². The van der Waals surface area contributed by atoms with Gasteiger partial charge < -0.3 is 0 Å². The number of rotatable bonds is 0. The molecule has 2 radical (unpaired) electrons. The minimum absolute atomic E-state index is 0.0353. The molecular weight excluding hydrogens is 184 g/mol. The molecule has 1 rings (SSSR count). The van der Waals surface area contributed by atoms with E-state index >= 15 is 0 Å². The fourth-order valence-corrected chi connectivity index (χ4v) is 0.870. The Balaban J connectivity index is 3.14. The van der Waals surface area contributed by atoms with E-state index in [0.717, 1.165) is 12.1 Å². The zero-order chi connectivity index (χ0) is 9.35. The van der Waals surface area contributed by atoms with Crippen molar-refractivity contribution in [3.05, 3.63) is 23.8 Å². The lowest BCUT2D eigenvalue weighted by Crippen LogP contribution is -2.12. The summed E-state index contributed by atoms with van der Waals surface area (Å²) in [7, 11) is 5.24. The molecular formula is C7H4BF3S. The molecule has 0 atom stereocenters. The summed E-state index contributed by atoms with van der Waals surface area (Å²) in [6.45, 7) is 0. The van der Waals surface area contributed by atoms with E-state index in [4.69, 9.17) is 7.85 Å². The first-order chi connectivity index (χ1) is 5.41. The van der Waals surface area contributed by atoms with E-state index in [1.807, 2.05) is 0 Å². The van der Waals surface area contributed by atoms with Crippen LogP contribution < -0.4 is 5.46 Å². The second kappa shape index (κ2) is 3.05. The molecule has 0 saturated carbocycles. The third-order valence-corrected chi connectivity index (χ3v) is 1.76. The quantitative estimate of drug-likeness (QED) is 0.465. The molecule has 0 amide bonds. The van der Waals surface area contributed by atoms with Crippen LogP contribution in [-0.4, -0.2) is 7.85 Å². The van der Waals surface area contributed by atoms with Crippen molar-refractivity contribution in [2.24, 2.45) is 0 Å². The van der Waals surface area contributed by atoms with Gasteiger partial charge >= 0.3 is 6.18 Å². The molecule has 0 unspecified atom stereocenters. The number of alkyl halides is 3. The first-order valence-corrected chi connectivity index (χ1v) is 3.51. The largest absolute Gasteiger partial charge is 0.416 e. The van der Waals surface area contributed by atoms with Crippen molar-refractivity contribution in [2.45, 2.75) is 11.1 Å². The number of benzene rings is 1. The normalized spacial score (nSPS) is 11.7. The van der Waals surface area contributed by atoms with Crippen LogP contribution in [0.2, 0.25) is 0 Å². The van der Waals surface area contributed by atoms with E-state index in [9.17, 15) is 13.2 Å². The van der Waals surface area contributed by atoms with Crippen LogP contribution in [0.3, 0.4) is 0 Å². The maximum absolute atomic E-state index is 12.0. The number of thiol groups is 1. The zero-order valence-corrected chi connectivity index (χ0v) is 6.78. The van der Waals surface area contributed by atoms with E-state index in [1.165, 1.54) is 6.07 Å². The van der Waals surface area contributed by atoms with Crippen molar-refractivity contribution in [1.82, 2.24) is 0 Å². The average Bonchev–Trinajstić information content (AvgIpc) is 1.92. The number of hydrogen-bond acceptors (Lipinski definition) is 1. The molecule has 0 aliphatic heterocycles. The van der Waals surface area contributed by atoms with Crippen molar-refractivity contribution in [3.63, 3.8) is 0 Å². The van der Waals surface area contributed by atoms with E-state index in [0.29, 0.717) is 4.90 Å². The van der Waals surface area contributed by atoms with Crippen molar-refractivity contribution in [2.75, 3.05) is 0 Å². The van der Waals surface area contributed by atoms with Crippen molar-refractivity contribution in [1.29, 1.82) is 0 Å². The smallest absolute Gasteiger partial charge is 0.166 e. The monoisotopic (exact) mass is 188 g/mol. The number of hydrogen-bond donors (Lipinski definition) is 1. The molecule has 0 spiro atoms. The molecule has 0 aliphatic carbocycles. The van der Waals surface area contributed by atoms with Gasteiger partial charge in [0.15, 0.2) is 0 Å². The summed E-state index contributed by atoms with van der Waals surface area (Å²) in [5.41, 5.74) is -0.717. The molecule has 0 nitrogen and oxygen atoms in total. The Kier molecular flexibility index (Phi) is 2.42. The second-order valence-electron chi connectivity index (χ2n) is 2.27. The Labute approximate surface area is 74.6 Å². The molecule has 0 aliphatic rings. The molecule has 5 heteroatoms. The molecule has 12 heavy (non-hydrogen) atoms. The molecule has 1 aromatic carbocycles. The van der Waals surface area contributed by atoms with Gasteiger partial charge in [0.1, 0.15) is 7.85 Å². The Morgan fingerprint density at radius 3 is 2.25 bits per heavy atom. The molecule has 1 aromatic rings. The highest BCUT2D eigenvalue weighted by atomic mass is 32.1. The fraction of sp³-hybridized carbons (Fsp3) is 0.143. The second-order valence-corrected chi connectivity index (χ2v) is 2.75. The first kappa shape index (κ1) is 9.51. The Morgan fingerprint density at radius 2 is 1.83 bits per heavy atom. The van der Waals surface area contributed by atoms with E-state index < -0.39 is 11.7 Å². The van der Waals surface area contributed by atoms with Gasteiger partial charge in [0, 0.05) is 0 Å². The SMILES string of the molecule is [B]c1cc(C(F)(F)F)ccc1S. The van der Waals surface area contributed by atoms with Gasteiger partial charge in [-0.25, -0.2) is 0 Å². The minimum Gasteiger partial charge on any atom is -0.166 e. The van der Waals surface area contributed by atoms with Crippen LogP contribution in [-0.2, 0) is 6.18 Å². The summed E-state index contributed by atoms with van der Waals surface area (Å²) in [6.07, 6.45) is -4.34. The topological polar surface area (TPSA) is 0 Å². The first-order valence-electron chi connectivity index (χ1n) is 3.07. The maximum atomic E-state index is 12.0. The van der Waals surface area contributed by atoms with E-state index in [2.05, 4.69) is 12.6 Å². The van der Waals surface area contributed by atoms with Gasteiger partial charge in [0.25, 0.3) is 0 Å². The molecule has 0 saturated heterocycles. The summed E-state index contributed by atoms with van der Waals surface area (Å²) in [6, 6.07) is 3.03. The summed E-state index contributed by atoms with van der Waals surface area (Å²) in [5.74, 6) is 0. The maximum Gasteiger partial charge on any atom is 0.416 e. The van der Waals surface area contributed by atoms with Gasteiger partial charge in [-0.15, -0.1) is 12.6 Å². The van der Waals surface area contributed by atoms with Crippen LogP contribution in [0.15, 0.2) is 23.1 Å². The Bertz CT molecular complexity index is 295. The van der Waals surface area contributed by atoms with Crippen LogP contribution in [0.25, 0.3) is 0 Å². The lowest BCUT2D eigenvalue weighted by Gasteiger charge is -2.08. The van der Waals surface area contributed by atoms with Crippen molar-refractivity contribution in [3.8, 4) is 0 Å². The van der Waals surface area contributed by atoms with Gasteiger partial charge in [-0.05, 0) is 17.0 Å². The molecule has 0 heterocycles. The summed E-state index contributed by atoms with van der Waals surface area (Å²) in [5, 5.41) is 0. The van der Waals surface area contributed by atoms with Gasteiger partial charge in [0.05, 0.1) is 5.56 Å². The van der Waals surface area contributed by atoms with Crippen molar-refractivity contribution >= 4 is 25.9 Å². The number of halogens is 3. The van der Waals surface area contributed by atoms with Gasteiger partial charge in [-0.2, -0.15) is 13.2 Å². The van der Waals surface area contributed by atoms with Crippen LogP contribution in [0.5, 0.6) is 0 Å². The lowest BCUT2D eigenvalue weighted by atomic mass is 9.94. The van der Waals surface area contributed by atoms with E-state index in [1.54, 1.807) is 0 Å².